The number of rotatable bonds is 6. The van der Waals surface area contributed by atoms with Crippen molar-refractivity contribution in [3.8, 4) is 0 Å². The van der Waals surface area contributed by atoms with E-state index in [-0.39, 0.29) is 28.8 Å². The predicted molar refractivity (Wildman–Crippen MR) is 156 cm³/mol. The number of halogens is 1. The third kappa shape index (κ3) is 4.97. The molecule has 2 heterocycles. The highest BCUT2D eigenvalue weighted by Crippen LogP contribution is 2.38. The number of amides is 1. The van der Waals surface area contributed by atoms with E-state index in [1.165, 1.54) is 0 Å². The van der Waals surface area contributed by atoms with Crippen molar-refractivity contribution in [3.63, 3.8) is 0 Å². The Labute approximate surface area is 235 Å². The molecule has 0 aliphatic heterocycles. The Morgan fingerprint density at radius 3 is 2.54 bits per heavy atom. The minimum absolute atomic E-state index is 0.0220. The molecule has 1 aliphatic carbocycles. The first kappa shape index (κ1) is 25.7. The minimum atomic E-state index is -0.382. The van der Waals surface area contributed by atoms with E-state index in [1.54, 1.807) is 24.8 Å². The Balaban J connectivity index is 1.31. The summed E-state index contributed by atoms with van der Waals surface area (Å²) in [6, 6.07) is 25.3. The van der Waals surface area contributed by atoms with Crippen LogP contribution in [0.15, 0.2) is 93.1 Å². The number of hydrogen-bond donors (Lipinski definition) is 1. The number of nitrogens with zero attached hydrogens (tertiary/aromatic N) is 2. The predicted octanol–water partition coefficient (Wildman–Crippen LogP) is 7.24. The lowest BCUT2D eigenvalue weighted by Gasteiger charge is -2.33. The van der Waals surface area contributed by atoms with E-state index in [1.807, 2.05) is 77.4 Å². The number of carbonyl (C=O) groups is 1. The van der Waals surface area contributed by atoms with Gasteiger partial charge in [-0.05, 0) is 62.4 Å². The molecule has 1 amide bonds. The lowest BCUT2D eigenvalue weighted by Crippen LogP contribution is -2.42. The molecule has 3 unspecified atom stereocenters. The molecule has 2 aromatic heterocycles. The van der Waals surface area contributed by atoms with Crippen LogP contribution in [0, 0.1) is 6.92 Å². The summed E-state index contributed by atoms with van der Waals surface area (Å²) in [5.41, 5.74) is 2.07. The zero-order valence-electron chi connectivity index (χ0n) is 21.5. The van der Waals surface area contributed by atoms with E-state index in [0.717, 1.165) is 40.6 Å². The average molecular weight is 558 g/mol. The van der Waals surface area contributed by atoms with Crippen molar-refractivity contribution in [2.75, 3.05) is 0 Å². The fraction of sp³-hybridized carbons (Fsp3) is 0.258. The molecular formula is C31H28ClN3O3S. The SMILES string of the molecule is Cc1onc2c1c(=O)n(C1CCCC(NC(=O)C(Sc3ccccc3)c3ccccc3)C1)c1cccc(Cl)c21. The molecule has 8 heteroatoms. The summed E-state index contributed by atoms with van der Waals surface area (Å²) in [4.78, 5) is 28.6. The molecule has 5 aromatic rings. The van der Waals surface area contributed by atoms with E-state index in [2.05, 4.69) is 10.5 Å². The number of carbonyl (C=O) groups excluding carboxylic acids is 1. The molecule has 0 radical (unpaired) electrons. The molecule has 1 N–H and O–H groups in total. The summed E-state index contributed by atoms with van der Waals surface area (Å²) in [6.07, 6.45) is 3.25. The maximum absolute atomic E-state index is 13.8. The Morgan fingerprint density at radius 1 is 1.03 bits per heavy atom. The van der Waals surface area contributed by atoms with Crippen LogP contribution in [-0.4, -0.2) is 21.7 Å². The Bertz CT molecular complexity index is 1700. The molecule has 3 aromatic carbocycles. The molecule has 39 heavy (non-hydrogen) atoms. The van der Waals surface area contributed by atoms with Crippen LogP contribution in [-0.2, 0) is 4.79 Å². The van der Waals surface area contributed by atoms with Gasteiger partial charge in [0.15, 0.2) is 0 Å². The molecule has 6 nitrogen and oxygen atoms in total. The minimum Gasteiger partial charge on any atom is -0.360 e. The van der Waals surface area contributed by atoms with Crippen LogP contribution >= 0.6 is 23.4 Å². The van der Waals surface area contributed by atoms with Crippen LogP contribution in [0.5, 0.6) is 0 Å². The molecule has 6 rings (SSSR count). The topological polar surface area (TPSA) is 77.1 Å². The fourth-order valence-electron chi connectivity index (χ4n) is 5.68. The van der Waals surface area contributed by atoms with Gasteiger partial charge in [-0.2, -0.15) is 0 Å². The van der Waals surface area contributed by atoms with Crippen molar-refractivity contribution in [1.82, 2.24) is 15.0 Å². The molecule has 0 spiro atoms. The van der Waals surface area contributed by atoms with Crippen molar-refractivity contribution in [1.29, 1.82) is 0 Å². The number of thioether (sulfide) groups is 1. The smallest absolute Gasteiger partial charge is 0.264 e. The van der Waals surface area contributed by atoms with Crippen LogP contribution in [0.2, 0.25) is 5.02 Å². The third-order valence-corrected chi connectivity index (χ3v) is 9.06. The van der Waals surface area contributed by atoms with Gasteiger partial charge in [0.1, 0.15) is 21.9 Å². The number of aryl methyl sites for hydroxylation is 1. The van der Waals surface area contributed by atoms with Gasteiger partial charge in [-0.25, -0.2) is 0 Å². The lowest BCUT2D eigenvalue weighted by atomic mass is 9.90. The van der Waals surface area contributed by atoms with Gasteiger partial charge in [-0.15, -0.1) is 11.8 Å². The number of benzene rings is 3. The molecular weight excluding hydrogens is 530 g/mol. The number of nitrogens with one attached hydrogen (secondary N) is 1. The maximum Gasteiger partial charge on any atom is 0.264 e. The van der Waals surface area contributed by atoms with E-state index < -0.39 is 0 Å². The monoisotopic (exact) mass is 557 g/mol. The lowest BCUT2D eigenvalue weighted by molar-refractivity contribution is -0.121. The molecule has 3 atom stereocenters. The highest BCUT2D eigenvalue weighted by Gasteiger charge is 2.31. The van der Waals surface area contributed by atoms with Gasteiger partial charge in [-0.1, -0.05) is 71.4 Å². The van der Waals surface area contributed by atoms with Crippen molar-refractivity contribution in [2.24, 2.45) is 0 Å². The highest BCUT2D eigenvalue weighted by molar-refractivity contribution is 8.00. The Hall–Kier alpha value is -3.55. The van der Waals surface area contributed by atoms with Gasteiger partial charge in [0, 0.05) is 22.4 Å². The number of hydrogen-bond acceptors (Lipinski definition) is 5. The van der Waals surface area contributed by atoms with Gasteiger partial charge in [0.25, 0.3) is 5.56 Å². The van der Waals surface area contributed by atoms with E-state index >= 15 is 0 Å². The Kier molecular flexibility index (Phi) is 7.19. The molecule has 1 saturated carbocycles. The van der Waals surface area contributed by atoms with Crippen molar-refractivity contribution in [3.05, 3.63) is 106 Å². The quantitative estimate of drug-likeness (QED) is 0.223. The van der Waals surface area contributed by atoms with E-state index in [0.29, 0.717) is 28.1 Å². The zero-order valence-corrected chi connectivity index (χ0v) is 23.0. The number of fused-ring (bicyclic) bond motifs is 3. The summed E-state index contributed by atoms with van der Waals surface area (Å²) in [6.45, 7) is 1.75. The average Bonchev–Trinajstić information content (AvgIpc) is 3.34. The molecule has 1 fully saturated rings. The number of pyridine rings is 1. The maximum atomic E-state index is 13.8. The second-order valence-electron chi connectivity index (χ2n) is 10.0. The van der Waals surface area contributed by atoms with Crippen LogP contribution < -0.4 is 10.9 Å². The summed E-state index contributed by atoms with van der Waals surface area (Å²) in [5.74, 6) is 0.459. The van der Waals surface area contributed by atoms with Gasteiger partial charge >= 0.3 is 0 Å². The van der Waals surface area contributed by atoms with Crippen LogP contribution in [0.25, 0.3) is 21.8 Å². The first-order valence-electron chi connectivity index (χ1n) is 13.2. The summed E-state index contributed by atoms with van der Waals surface area (Å²) in [5, 5.41) is 8.82. The molecule has 1 aliphatic rings. The van der Waals surface area contributed by atoms with E-state index in [9.17, 15) is 9.59 Å². The Morgan fingerprint density at radius 2 is 1.77 bits per heavy atom. The first-order chi connectivity index (χ1) is 19.0. The standard InChI is InChI=1S/C31H28ClN3O3S/c1-19-26-28(34-38-19)27-24(32)16-9-17-25(27)35(31(26)37)22-13-8-12-21(18-22)33-30(36)29(20-10-4-2-5-11-20)39-23-14-6-3-7-15-23/h2-7,9-11,14-17,21-22,29H,8,12-13,18H2,1H3,(H,33,36). The van der Waals surface area contributed by atoms with Crippen LogP contribution in [0.4, 0.5) is 0 Å². The van der Waals surface area contributed by atoms with Crippen molar-refractivity contribution in [2.45, 2.75) is 54.8 Å². The number of aromatic nitrogens is 2. The molecule has 198 valence electrons. The van der Waals surface area contributed by atoms with Gasteiger partial charge < -0.3 is 14.4 Å². The van der Waals surface area contributed by atoms with Gasteiger partial charge in [-0.3, -0.25) is 9.59 Å². The molecule has 0 bridgehead atoms. The second-order valence-corrected chi connectivity index (χ2v) is 11.6. The van der Waals surface area contributed by atoms with Crippen molar-refractivity contribution >= 4 is 51.1 Å². The van der Waals surface area contributed by atoms with Gasteiger partial charge in [0.2, 0.25) is 5.91 Å². The van der Waals surface area contributed by atoms with E-state index in [4.69, 9.17) is 16.1 Å². The summed E-state index contributed by atoms with van der Waals surface area (Å²) < 4.78 is 7.26. The first-order valence-corrected chi connectivity index (χ1v) is 14.4. The normalized spacial score (nSPS) is 18.3. The highest BCUT2D eigenvalue weighted by atomic mass is 35.5. The fourth-order valence-corrected chi connectivity index (χ4v) is 6.99. The van der Waals surface area contributed by atoms with Crippen LogP contribution in [0.3, 0.4) is 0 Å². The van der Waals surface area contributed by atoms with Gasteiger partial charge in [0.05, 0.1) is 10.5 Å². The van der Waals surface area contributed by atoms with Crippen LogP contribution in [0.1, 0.15) is 48.3 Å². The molecule has 0 saturated heterocycles. The van der Waals surface area contributed by atoms with Crippen molar-refractivity contribution < 1.29 is 9.32 Å². The largest absolute Gasteiger partial charge is 0.360 e. The summed E-state index contributed by atoms with van der Waals surface area (Å²) in [7, 11) is 0. The third-order valence-electron chi connectivity index (χ3n) is 7.48. The zero-order chi connectivity index (χ0) is 26.9. The summed E-state index contributed by atoms with van der Waals surface area (Å²) >= 11 is 8.16. The second kappa shape index (κ2) is 10.9.